The normalized spacial score (nSPS) is 15.6. The Labute approximate surface area is 182 Å². The summed E-state index contributed by atoms with van der Waals surface area (Å²) in [4.78, 5) is 12.7. The molecular formula is C21H25ClN2O5S. The molecule has 7 nitrogen and oxygen atoms in total. The number of ether oxygens (including phenoxy) is 2. The van der Waals surface area contributed by atoms with E-state index in [9.17, 15) is 13.2 Å². The monoisotopic (exact) mass is 452 g/mol. The maximum absolute atomic E-state index is 12.7. The number of carbonyl (C=O) groups excluding carboxylic acids is 1. The van der Waals surface area contributed by atoms with Crippen LogP contribution in [0.4, 0.5) is 5.69 Å². The quantitative estimate of drug-likeness (QED) is 0.694. The van der Waals surface area contributed by atoms with E-state index in [1.165, 1.54) is 11.4 Å². The minimum Gasteiger partial charge on any atom is -0.497 e. The molecule has 0 radical (unpaired) electrons. The molecule has 1 N–H and O–H groups in total. The number of anilines is 1. The SMILES string of the molecule is COc1ccc(OC)c(NC(=O)C2CCN(S(=O)(=O)Cc3cccc(Cl)c3)CC2)c1. The first-order valence-electron chi connectivity index (χ1n) is 9.57. The van der Waals surface area contributed by atoms with Gasteiger partial charge in [0.25, 0.3) is 0 Å². The molecule has 0 unspecified atom stereocenters. The number of carbonyl (C=O) groups is 1. The summed E-state index contributed by atoms with van der Waals surface area (Å²) in [5, 5.41) is 3.38. The maximum atomic E-state index is 12.7. The van der Waals surface area contributed by atoms with Gasteiger partial charge in [-0.15, -0.1) is 0 Å². The highest BCUT2D eigenvalue weighted by atomic mass is 35.5. The van der Waals surface area contributed by atoms with Gasteiger partial charge in [-0.1, -0.05) is 23.7 Å². The predicted octanol–water partition coefficient (Wildman–Crippen LogP) is 3.54. The van der Waals surface area contributed by atoms with E-state index in [0.29, 0.717) is 53.7 Å². The minimum absolute atomic E-state index is 0.106. The van der Waals surface area contributed by atoms with Gasteiger partial charge in [0.2, 0.25) is 15.9 Å². The second kappa shape index (κ2) is 9.68. The summed E-state index contributed by atoms with van der Waals surface area (Å²) in [6, 6.07) is 12.0. The fraction of sp³-hybridized carbons (Fsp3) is 0.381. The van der Waals surface area contributed by atoms with Crippen LogP contribution in [0, 0.1) is 5.92 Å². The van der Waals surface area contributed by atoms with Crippen LogP contribution in [-0.4, -0.2) is 45.9 Å². The number of nitrogens with one attached hydrogen (secondary N) is 1. The Hall–Kier alpha value is -2.29. The molecule has 0 spiro atoms. The lowest BCUT2D eigenvalue weighted by Gasteiger charge is -2.30. The highest BCUT2D eigenvalue weighted by Gasteiger charge is 2.31. The number of amides is 1. The topological polar surface area (TPSA) is 84.9 Å². The van der Waals surface area contributed by atoms with Gasteiger partial charge in [-0.2, -0.15) is 0 Å². The number of hydrogen-bond acceptors (Lipinski definition) is 5. The Bertz CT molecular complexity index is 1000. The van der Waals surface area contributed by atoms with Gasteiger partial charge in [0.15, 0.2) is 0 Å². The second-order valence-corrected chi connectivity index (χ2v) is 9.52. The molecule has 0 bridgehead atoms. The van der Waals surface area contributed by atoms with Crippen molar-refractivity contribution in [3.8, 4) is 11.5 Å². The fourth-order valence-electron chi connectivity index (χ4n) is 3.47. The molecule has 2 aromatic rings. The smallest absolute Gasteiger partial charge is 0.227 e. The Morgan fingerprint density at radius 1 is 1.13 bits per heavy atom. The van der Waals surface area contributed by atoms with Gasteiger partial charge < -0.3 is 14.8 Å². The molecule has 162 valence electrons. The summed E-state index contributed by atoms with van der Waals surface area (Å²) >= 11 is 5.95. The van der Waals surface area contributed by atoms with Crippen LogP contribution in [0.25, 0.3) is 0 Å². The molecule has 1 aliphatic heterocycles. The lowest BCUT2D eigenvalue weighted by Crippen LogP contribution is -2.41. The standard InChI is InChI=1S/C21H25ClN2O5S/c1-28-18-6-7-20(29-2)19(13-18)23-21(25)16-8-10-24(11-9-16)30(26,27)14-15-4-3-5-17(22)12-15/h3-7,12-13,16H,8-11,14H2,1-2H3,(H,23,25). The van der Waals surface area contributed by atoms with E-state index in [2.05, 4.69) is 5.32 Å². The van der Waals surface area contributed by atoms with Gasteiger partial charge in [0.05, 0.1) is 25.7 Å². The molecule has 2 aromatic carbocycles. The van der Waals surface area contributed by atoms with Crippen LogP contribution in [0.2, 0.25) is 5.02 Å². The summed E-state index contributed by atoms with van der Waals surface area (Å²) < 4.78 is 37.4. The van der Waals surface area contributed by atoms with Crippen molar-refractivity contribution < 1.29 is 22.7 Å². The molecule has 1 fully saturated rings. The van der Waals surface area contributed by atoms with E-state index < -0.39 is 10.0 Å². The van der Waals surface area contributed by atoms with E-state index in [0.717, 1.165) is 0 Å². The van der Waals surface area contributed by atoms with Gasteiger partial charge in [-0.3, -0.25) is 4.79 Å². The van der Waals surface area contributed by atoms with Gasteiger partial charge in [0, 0.05) is 30.1 Å². The Kier molecular flexibility index (Phi) is 7.23. The van der Waals surface area contributed by atoms with Crippen molar-refractivity contribution in [3.63, 3.8) is 0 Å². The van der Waals surface area contributed by atoms with E-state index in [1.807, 2.05) is 0 Å². The number of rotatable bonds is 7. The third-order valence-corrected chi connectivity index (χ3v) is 7.21. The number of hydrogen-bond donors (Lipinski definition) is 1. The zero-order valence-corrected chi connectivity index (χ0v) is 18.5. The lowest BCUT2D eigenvalue weighted by atomic mass is 9.97. The Morgan fingerprint density at radius 2 is 1.87 bits per heavy atom. The first-order chi connectivity index (χ1) is 14.3. The summed E-state index contributed by atoms with van der Waals surface area (Å²) in [6.45, 7) is 0.604. The van der Waals surface area contributed by atoms with Crippen LogP contribution >= 0.6 is 11.6 Å². The number of sulfonamides is 1. The van der Waals surface area contributed by atoms with Crippen molar-refractivity contribution in [2.45, 2.75) is 18.6 Å². The molecule has 0 aliphatic carbocycles. The summed E-state index contributed by atoms with van der Waals surface area (Å²) in [5.74, 6) is 0.594. The number of piperidine rings is 1. The number of methoxy groups -OCH3 is 2. The van der Waals surface area contributed by atoms with Crippen LogP contribution in [0.1, 0.15) is 18.4 Å². The fourth-order valence-corrected chi connectivity index (χ4v) is 5.23. The first-order valence-corrected chi connectivity index (χ1v) is 11.6. The zero-order chi connectivity index (χ0) is 21.7. The average Bonchev–Trinajstić information content (AvgIpc) is 2.73. The van der Waals surface area contributed by atoms with Crippen LogP contribution in [0.5, 0.6) is 11.5 Å². The second-order valence-electron chi connectivity index (χ2n) is 7.11. The van der Waals surface area contributed by atoms with Crippen molar-refractivity contribution in [2.24, 2.45) is 5.92 Å². The van der Waals surface area contributed by atoms with E-state index in [-0.39, 0.29) is 17.6 Å². The molecular weight excluding hydrogens is 428 g/mol. The van der Waals surface area contributed by atoms with Crippen LogP contribution < -0.4 is 14.8 Å². The molecule has 3 rings (SSSR count). The van der Waals surface area contributed by atoms with Crippen LogP contribution in [0.15, 0.2) is 42.5 Å². The molecule has 30 heavy (non-hydrogen) atoms. The molecule has 0 saturated carbocycles. The average molecular weight is 453 g/mol. The van der Waals surface area contributed by atoms with Gasteiger partial charge in [-0.25, -0.2) is 12.7 Å². The van der Waals surface area contributed by atoms with Gasteiger partial charge >= 0.3 is 0 Å². The number of halogens is 1. The van der Waals surface area contributed by atoms with Crippen molar-refractivity contribution in [2.75, 3.05) is 32.6 Å². The zero-order valence-electron chi connectivity index (χ0n) is 16.9. The van der Waals surface area contributed by atoms with Crippen molar-refractivity contribution in [1.29, 1.82) is 0 Å². The van der Waals surface area contributed by atoms with E-state index >= 15 is 0 Å². The summed E-state index contributed by atoms with van der Waals surface area (Å²) in [5.41, 5.74) is 1.17. The van der Waals surface area contributed by atoms with Crippen LogP contribution in [0.3, 0.4) is 0 Å². The Balaban J connectivity index is 1.60. The molecule has 9 heteroatoms. The van der Waals surface area contributed by atoms with E-state index in [4.69, 9.17) is 21.1 Å². The molecule has 1 aliphatic rings. The first kappa shape index (κ1) is 22.4. The number of benzene rings is 2. The molecule has 0 aromatic heterocycles. The predicted molar refractivity (Wildman–Crippen MR) is 117 cm³/mol. The summed E-state index contributed by atoms with van der Waals surface area (Å²) in [6.07, 6.45) is 0.903. The minimum atomic E-state index is -3.47. The molecule has 1 amide bonds. The van der Waals surface area contributed by atoms with Crippen molar-refractivity contribution in [1.82, 2.24) is 4.31 Å². The Morgan fingerprint density at radius 3 is 2.50 bits per heavy atom. The highest BCUT2D eigenvalue weighted by molar-refractivity contribution is 7.88. The molecule has 0 atom stereocenters. The third kappa shape index (κ3) is 5.44. The van der Waals surface area contributed by atoms with Crippen molar-refractivity contribution >= 4 is 33.2 Å². The third-order valence-electron chi connectivity index (χ3n) is 5.12. The van der Waals surface area contributed by atoms with E-state index in [1.54, 1.807) is 49.6 Å². The molecule has 1 saturated heterocycles. The largest absolute Gasteiger partial charge is 0.497 e. The highest BCUT2D eigenvalue weighted by Crippen LogP contribution is 2.30. The van der Waals surface area contributed by atoms with Gasteiger partial charge in [-0.05, 0) is 42.7 Å². The lowest BCUT2D eigenvalue weighted by molar-refractivity contribution is -0.120. The molecule has 1 heterocycles. The van der Waals surface area contributed by atoms with Gasteiger partial charge in [0.1, 0.15) is 11.5 Å². The summed E-state index contributed by atoms with van der Waals surface area (Å²) in [7, 11) is -0.397. The number of nitrogens with zero attached hydrogens (tertiary/aromatic N) is 1. The van der Waals surface area contributed by atoms with Crippen molar-refractivity contribution in [3.05, 3.63) is 53.1 Å². The maximum Gasteiger partial charge on any atom is 0.227 e. The van der Waals surface area contributed by atoms with Crippen LogP contribution in [-0.2, 0) is 20.6 Å².